The van der Waals surface area contributed by atoms with Crippen LogP contribution in [0.15, 0.2) is 237 Å². The number of hydrogen-bond acceptors (Lipinski definition) is 2. The predicted octanol–water partition coefficient (Wildman–Crippen LogP) is 16.4. The zero-order chi connectivity index (χ0) is 40.3. The molecule has 1 aromatic heterocycles. The lowest BCUT2D eigenvalue weighted by atomic mass is 9.68. The Morgan fingerprint density at radius 1 is 0.311 bits per heavy atom. The van der Waals surface area contributed by atoms with Gasteiger partial charge in [-0.2, -0.15) is 0 Å². The van der Waals surface area contributed by atoms with Crippen molar-refractivity contribution in [1.29, 1.82) is 0 Å². The largest absolute Gasteiger partial charge is 0.310 e. The number of rotatable bonds is 7. The number of nitrogens with zero attached hydrogens (tertiary/aromatic N) is 1. The molecule has 0 saturated heterocycles. The highest BCUT2D eigenvalue weighted by Gasteiger charge is 2.45. The summed E-state index contributed by atoms with van der Waals surface area (Å²) in [5.41, 5.74) is 15.4. The van der Waals surface area contributed by atoms with E-state index in [0.29, 0.717) is 0 Å². The van der Waals surface area contributed by atoms with Crippen LogP contribution in [0.4, 0.5) is 17.1 Å². The highest BCUT2D eigenvalue weighted by atomic mass is 32.1. The van der Waals surface area contributed by atoms with E-state index in [-0.39, 0.29) is 0 Å². The second-order valence-corrected chi connectivity index (χ2v) is 17.1. The van der Waals surface area contributed by atoms with Crippen LogP contribution in [0.2, 0.25) is 0 Å². The maximum absolute atomic E-state index is 2.40. The summed E-state index contributed by atoms with van der Waals surface area (Å²) in [6.45, 7) is 0. The summed E-state index contributed by atoms with van der Waals surface area (Å²) in [5.74, 6) is 0. The highest BCUT2D eigenvalue weighted by molar-refractivity contribution is 7.25. The maximum atomic E-state index is 2.40. The number of thiophene rings is 1. The summed E-state index contributed by atoms with van der Waals surface area (Å²) in [6.07, 6.45) is 0. The van der Waals surface area contributed by atoms with E-state index in [4.69, 9.17) is 0 Å². The molecule has 286 valence electrons. The fraction of sp³-hybridized carbons (Fsp3) is 0.0169. The molecule has 1 aliphatic rings. The van der Waals surface area contributed by atoms with E-state index < -0.39 is 5.41 Å². The van der Waals surface area contributed by atoms with E-state index >= 15 is 0 Å². The summed E-state index contributed by atoms with van der Waals surface area (Å²) in [4.78, 5) is 2.40. The van der Waals surface area contributed by atoms with E-state index in [1.807, 2.05) is 11.3 Å². The van der Waals surface area contributed by atoms with Crippen LogP contribution in [0.3, 0.4) is 0 Å². The third-order valence-corrected chi connectivity index (χ3v) is 13.9. The molecule has 1 nitrogen and oxygen atoms in total. The molecule has 61 heavy (non-hydrogen) atoms. The Labute approximate surface area is 360 Å². The van der Waals surface area contributed by atoms with Gasteiger partial charge in [-0.3, -0.25) is 0 Å². The van der Waals surface area contributed by atoms with Gasteiger partial charge in [0.25, 0.3) is 0 Å². The van der Waals surface area contributed by atoms with E-state index in [0.717, 1.165) is 17.1 Å². The summed E-state index contributed by atoms with van der Waals surface area (Å²) in [7, 11) is 0. The van der Waals surface area contributed by atoms with Crippen molar-refractivity contribution in [2.24, 2.45) is 0 Å². The average molecular weight is 794 g/mol. The molecule has 0 radical (unpaired) electrons. The number of hydrogen-bond donors (Lipinski definition) is 0. The lowest BCUT2D eigenvalue weighted by Crippen LogP contribution is -2.28. The zero-order valence-electron chi connectivity index (χ0n) is 33.4. The van der Waals surface area contributed by atoms with Crippen molar-refractivity contribution in [3.05, 3.63) is 259 Å². The Morgan fingerprint density at radius 3 is 1.64 bits per heavy atom. The van der Waals surface area contributed by atoms with Crippen molar-refractivity contribution in [3.8, 4) is 33.4 Å². The van der Waals surface area contributed by atoms with Crippen LogP contribution in [-0.4, -0.2) is 0 Å². The summed E-state index contributed by atoms with van der Waals surface area (Å²) in [5, 5.41) is 5.12. The molecule has 0 fully saturated rings. The van der Waals surface area contributed by atoms with Crippen molar-refractivity contribution in [1.82, 2.24) is 0 Å². The van der Waals surface area contributed by atoms with Gasteiger partial charge in [0.05, 0.1) is 5.41 Å². The first-order chi connectivity index (χ1) is 30.2. The molecule has 0 saturated carbocycles. The lowest BCUT2D eigenvalue weighted by Gasteiger charge is -2.34. The monoisotopic (exact) mass is 793 g/mol. The molecule has 0 amide bonds. The summed E-state index contributed by atoms with van der Waals surface area (Å²) >= 11 is 1.86. The molecule has 2 heteroatoms. The quantitative estimate of drug-likeness (QED) is 0.155. The zero-order valence-corrected chi connectivity index (χ0v) is 34.2. The SMILES string of the molecule is c1ccc(C2(c3ccc(N(c4ccc(-c5ccc6ccccc6c5)cc4)c4cccc(-c5ccc6sc7ccccc7c6c5)c4)cc3)c3ccccc3-c3ccccc32)cc1. The van der Waals surface area contributed by atoms with Crippen LogP contribution in [0.5, 0.6) is 0 Å². The van der Waals surface area contributed by atoms with Crippen molar-refractivity contribution in [2.75, 3.05) is 4.90 Å². The summed E-state index contributed by atoms with van der Waals surface area (Å²) in [6, 6.07) is 87.3. The van der Waals surface area contributed by atoms with Gasteiger partial charge in [-0.25, -0.2) is 0 Å². The van der Waals surface area contributed by atoms with Gasteiger partial charge in [-0.05, 0) is 127 Å². The molecule has 0 bridgehead atoms. The highest BCUT2D eigenvalue weighted by Crippen LogP contribution is 2.56. The van der Waals surface area contributed by atoms with Crippen LogP contribution >= 0.6 is 11.3 Å². The molecule has 0 atom stereocenters. The van der Waals surface area contributed by atoms with Gasteiger partial charge in [0.1, 0.15) is 0 Å². The first kappa shape index (κ1) is 35.4. The van der Waals surface area contributed by atoms with Crippen molar-refractivity contribution < 1.29 is 0 Å². The van der Waals surface area contributed by atoms with E-state index in [1.165, 1.54) is 86.6 Å². The molecular formula is C59H39NS. The van der Waals surface area contributed by atoms with Gasteiger partial charge in [0.2, 0.25) is 0 Å². The summed E-state index contributed by atoms with van der Waals surface area (Å²) < 4.78 is 2.64. The Kier molecular flexibility index (Phi) is 8.33. The van der Waals surface area contributed by atoms with Crippen LogP contribution in [-0.2, 0) is 5.41 Å². The van der Waals surface area contributed by atoms with Gasteiger partial charge < -0.3 is 4.90 Å². The smallest absolute Gasteiger partial charge is 0.0713 e. The molecule has 11 aromatic rings. The predicted molar refractivity (Wildman–Crippen MR) is 260 cm³/mol. The fourth-order valence-corrected chi connectivity index (χ4v) is 11.0. The topological polar surface area (TPSA) is 3.24 Å². The Balaban J connectivity index is 1.00. The minimum atomic E-state index is -0.455. The third kappa shape index (κ3) is 5.75. The Morgan fingerprint density at radius 2 is 0.869 bits per heavy atom. The van der Waals surface area contributed by atoms with Gasteiger partial charge in [-0.15, -0.1) is 11.3 Å². The molecular weight excluding hydrogens is 755 g/mol. The molecule has 12 rings (SSSR count). The van der Waals surface area contributed by atoms with E-state index in [1.54, 1.807) is 0 Å². The number of benzene rings is 10. The first-order valence-electron chi connectivity index (χ1n) is 21.0. The van der Waals surface area contributed by atoms with Crippen molar-refractivity contribution in [2.45, 2.75) is 5.41 Å². The number of anilines is 3. The van der Waals surface area contributed by atoms with Crippen molar-refractivity contribution >= 4 is 59.3 Å². The molecule has 1 heterocycles. The molecule has 0 N–H and O–H groups in total. The molecule has 10 aromatic carbocycles. The average Bonchev–Trinajstić information content (AvgIpc) is 3.86. The van der Waals surface area contributed by atoms with Gasteiger partial charge >= 0.3 is 0 Å². The van der Waals surface area contributed by atoms with Gasteiger partial charge in [-0.1, -0.05) is 176 Å². The molecule has 0 spiro atoms. The van der Waals surface area contributed by atoms with Crippen LogP contribution < -0.4 is 4.90 Å². The van der Waals surface area contributed by atoms with Crippen LogP contribution in [0, 0.1) is 0 Å². The van der Waals surface area contributed by atoms with E-state index in [2.05, 4.69) is 241 Å². The lowest BCUT2D eigenvalue weighted by molar-refractivity contribution is 0.768. The van der Waals surface area contributed by atoms with Gasteiger partial charge in [0, 0.05) is 37.2 Å². The van der Waals surface area contributed by atoms with Crippen molar-refractivity contribution in [3.63, 3.8) is 0 Å². The number of fused-ring (bicyclic) bond motifs is 7. The molecule has 1 aliphatic carbocycles. The first-order valence-corrected chi connectivity index (χ1v) is 21.8. The Bertz CT molecular complexity index is 3370. The third-order valence-electron chi connectivity index (χ3n) is 12.7. The Hall–Kier alpha value is -7.52. The minimum absolute atomic E-state index is 0.455. The second-order valence-electron chi connectivity index (χ2n) is 16.1. The van der Waals surface area contributed by atoms with E-state index in [9.17, 15) is 0 Å². The normalized spacial score (nSPS) is 12.7. The van der Waals surface area contributed by atoms with Crippen LogP contribution in [0.25, 0.3) is 64.3 Å². The molecule has 0 unspecified atom stereocenters. The second kappa shape index (κ2) is 14.3. The maximum Gasteiger partial charge on any atom is 0.0713 e. The van der Waals surface area contributed by atoms with Gasteiger partial charge in [0.15, 0.2) is 0 Å². The fourth-order valence-electron chi connectivity index (χ4n) is 9.92. The van der Waals surface area contributed by atoms with Crippen LogP contribution in [0.1, 0.15) is 22.3 Å². The minimum Gasteiger partial charge on any atom is -0.310 e. The standard InChI is InChI=1S/C59H39NS/c1-2-16-46(17-3-1)59(55-22-9-6-19-51(55)52-20-7-10-23-56(52)59)47-30-34-49(35-31-47)60(48-32-27-41(28-33-48)44-26-25-40-13-4-5-14-42(40)37-44)50-18-12-15-43(38-50)45-29-36-58-54(39-45)53-21-8-11-24-57(53)61-58/h1-39H. The molecule has 0 aliphatic heterocycles.